The maximum Gasteiger partial charge on any atom is 0.573 e. The number of alkyl halides is 3. The van der Waals surface area contributed by atoms with Crippen molar-refractivity contribution in [3.05, 3.63) is 18.2 Å². The molecule has 1 aromatic rings. The summed E-state index contributed by atoms with van der Waals surface area (Å²) in [5.74, 6) is -0.445. The van der Waals surface area contributed by atoms with Crippen molar-refractivity contribution in [2.75, 3.05) is 7.11 Å². The molecule has 122 valence electrons. The standard InChI is InChI=1S/C14H18BF3O4/c1-12(2)13(3,4)22-15(21-12)9-6-7-10(19-5)11(8-9)20-14(16,17)18/h6-8H,1-5H3. The first kappa shape index (κ1) is 17.0. The molecule has 0 atom stereocenters. The van der Waals surface area contributed by atoms with E-state index in [0.717, 1.165) is 0 Å². The van der Waals surface area contributed by atoms with Gasteiger partial charge in [0.1, 0.15) is 0 Å². The second-order valence-electron chi connectivity index (χ2n) is 6.05. The van der Waals surface area contributed by atoms with E-state index in [-0.39, 0.29) is 5.75 Å². The average Bonchev–Trinajstić information content (AvgIpc) is 2.56. The van der Waals surface area contributed by atoms with Crippen LogP contribution in [-0.2, 0) is 9.31 Å². The number of hydrogen-bond donors (Lipinski definition) is 0. The number of rotatable bonds is 3. The Labute approximate surface area is 127 Å². The van der Waals surface area contributed by atoms with Gasteiger partial charge in [-0.1, -0.05) is 6.07 Å². The topological polar surface area (TPSA) is 36.9 Å². The first-order valence-corrected chi connectivity index (χ1v) is 6.74. The minimum Gasteiger partial charge on any atom is -0.493 e. The molecule has 1 aliphatic heterocycles. The van der Waals surface area contributed by atoms with Gasteiger partial charge in [0, 0.05) is 0 Å². The van der Waals surface area contributed by atoms with Crippen LogP contribution >= 0.6 is 0 Å². The van der Waals surface area contributed by atoms with Crippen molar-refractivity contribution in [2.45, 2.75) is 45.3 Å². The Kier molecular flexibility index (Phi) is 4.12. The summed E-state index contributed by atoms with van der Waals surface area (Å²) in [5, 5.41) is 0. The van der Waals surface area contributed by atoms with E-state index in [0.29, 0.717) is 5.46 Å². The maximum atomic E-state index is 12.5. The minimum absolute atomic E-state index is 0.0161. The highest BCUT2D eigenvalue weighted by atomic mass is 19.4. The van der Waals surface area contributed by atoms with Crippen LogP contribution in [0.1, 0.15) is 27.7 Å². The van der Waals surface area contributed by atoms with Crippen LogP contribution in [0.15, 0.2) is 18.2 Å². The average molecular weight is 318 g/mol. The fourth-order valence-corrected chi connectivity index (χ4v) is 2.02. The summed E-state index contributed by atoms with van der Waals surface area (Å²) in [6, 6.07) is 4.19. The number of benzene rings is 1. The molecule has 22 heavy (non-hydrogen) atoms. The Morgan fingerprint density at radius 2 is 1.55 bits per heavy atom. The summed E-state index contributed by atoms with van der Waals surface area (Å²) in [5.41, 5.74) is -0.732. The van der Waals surface area contributed by atoms with Crippen LogP contribution in [0.5, 0.6) is 11.5 Å². The summed E-state index contributed by atoms with van der Waals surface area (Å²) in [6.45, 7) is 7.46. The van der Waals surface area contributed by atoms with Gasteiger partial charge < -0.3 is 18.8 Å². The van der Waals surface area contributed by atoms with Gasteiger partial charge in [-0.25, -0.2) is 0 Å². The van der Waals surface area contributed by atoms with Crippen LogP contribution in [0, 0.1) is 0 Å². The smallest absolute Gasteiger partial charge is 0.493 e. The number of methoxy groups -OCH3 is 1. The monoisotopic (exact) mass is 318 g/mol. The van der Waals surface area contributed by atoms with Crippen LogP contribution in [0.25, 0.3) is 0 Å². The zero-order valence-electron chi connectivity index (χ0n) is 13.1. The maximum absolute atomic E-state index is 12.5. The molecule has 0 spiro atoms. The minimum atomic E-state index is -4.80. The Balaban J connectivity index is 2.32. The molecule has 0 aliphatic carbocycles. The predicted molar refractivity (Wildman–Crippen MR) is 75.4 cm³/mol. The van der Waals surface area contributed by atoms with Crippen LogP contribution in [0.4, 0.5) is 13.2 Å². The largest absolute Gasteiger partial charge is 0.573 e. The summed E-state index contributed by atoms with van der Waals surface area (Å²) < 4.78 is 57.9. The van der Waals surface area contributed by atoms with Crippen LogP contribution < -0.4 is 14.9 Å². The first-order valence-electron chi connectivity index (χ1n) is 6.74. The van der Waals surface area contributed by atoms with Gasteiger partial charge in [0.2, 0.25) is 0 Å². The molecule has 0 bridgehead atoms. The third-order valence-electron chi connectivity index (χ3n) is 3.94. The SMILES string of the molecule is COc1ccc(B2OC(C)(C)C(C)(C)O2)cc1OC(F)(F)F. The first-order chi connectivity index (χ1) is 9.95. The van der Waals surface area contributed by atoms with E-state index in [1.54, 1.807) is 6.07 Å². The highest BCUT2D eigenvalue weighted by Gasteiger charge is 2.51. The molecule has 2 rings (SSSR count). The number of halogens is 3. The van der Waals surface area contributed by atoms with E-state index in [2.05, 4.69) is 4.74 Å². The lowest BCUT2D eigenvalue weighted by atomic mass is 9.79. The Morgan fingerprint density at radius 1 is 1.00 bits per heavy atom. The second kappa shape index (κ2) is 5.35. The zero-order valence-corrected chi connectivity index (χ0v) is 13.1. The molecule has 1 aromatic carbocycles. The zero-order chi connectivity index (χ0) is 16.8. The Bertz CT molecular complexity index is 542. The molecule has 0 aromatic heterocycles. The molecular weight excluding hydrogens is 300 g/mol. The Morgan fingerprint density at radius 3 is 2.00 bits per heavy atom. The van der Waals surface area contributed by atoms with E-state index in [1.807, 2.05) is 27.7 Å². The van der Waals surface area contributed by atoms with Crippen molar-refractivity contribution in [3.8, 4) is 11.5 Å². The van der Waals surface area contributed by atoms with Crippen LogP contribution in [0.2, 0.25) is 0 Å². The van der Waals surface area contributed by atoms with Crippen molar-refractivity contribution in [1.82, 2.24) is 0 Å². The fraction of sp³-hybridized carbons (Fsp3) is 0.571. The van der Waals surface area contributed by atoms with Crippen molar-refractivity contribution < 1.29 is 32.0 Å². The van der Waals surface area contributed by atoms with Crippen molar-refractivity contribution in [1.29, 1.82) is 0 Å². The quantitative estimate of drug-likeness (QED) is 0.803. The molecule has 0 amide bonds. The van der Waals surface area contributed by atoms with Crippen molar-refractivity contribution in [3.63, 3.8) is 0 Å². The third kappa shape index (κ3) is 3.33. The van der Waals surface area contributed by atoms with Crippen molar-refractivity contribution in [2.24, 2.45) is 0 Å². The molecule has 0 saturated carbocycles. The number of hydrogen-bond acceptors (Lipinski definition) is 4. The molecule has 0 unspecified atom stereocenters. The predicted octanol–water partition coefficient (Wildman–Crippen LogP) is 2.89. The van der Waals surface area contributed by atoms with Gasteiger partial charge in [-0.2, -0.15) is 0 Å². The molecule has 0 N–H and O–H groups in total. The summed E-state index contributed by atoms with van der Waals surface area (Å²) in [7, 11) is 0.499. The highest BCUT2D eigenvalue weighted by molar-refractivity contribution is 6.62. The van der Waals surface area contributed by atoms with Crippen LogP contribution in [0.3, 0.4) is 0 Å². The lowest BCUT2D eigenvalue weighted by Gasteiger charge is -2.32. The fourth-order valence-electron chi connectivity index (χ4n) is 2.02. The molecule has 1 fully saturated rings. The van der Waals surface area contributed by atoms with Gasteiger partial charge in [0.05, 0.1) is 18.3 Å². The lowest BCUT2D eigenvalue weighted by Crippen LogP contribution is -2.41. The number of ether oxygens (including phenoxy) is 2. The summed E-state index contributed by atoms with van der Waals surface area (Å²) in [6.07, 6.45) is -4.80. The van der Waals surface area contributed by atoms with Gasteiger partial charge >= 0.3 is 13.5 Å². The van der Waals surface area contributed by atoms with Crippen LogP contribution in [-0.4, -0.2) is 31.8 Å². The Hall–Kier alpha value is -1.41. The van der Waals surface area contributed by atoms with E-state index >= 15 is 0 Å². The van der Waals surface area contributed by atoms with E-state index in [1.165, 1.54) is 19.2 Å². The second-order valence-corrected chi connectivity index (χ2v) is 6.05. The molecule has 0 radical (unpaired) electrons. The molecule has 4 nitrogen and oxygen atoms in total. The third-order valence-corrected chi connectivity index (χ3v) is 3.94. The molecule has 8 heteroatoms. The van der Waals surface area contributed by atoms with Gasteiger partial charge in [0.15, 0.2) is 11.5 Å². The van der Waals surface area contributed by atoms with E-state index < -0.39 is 30.4 Å². The molecular formula is C14H18BF3O4. The van der Waals surface area contributed by atoms with Gasteiger partial charge in [0.25, 0.3) is 0 Å². The molecule has 1 aliphatic rings. The lowest BCUT2D eigenvalue weighted by molar-refractivity contribution is -0.275. The van der Waals surface area contributed by atoms with Gasteiger partial charge in [-0.15, -0.1) is 13.2 Å². The van der Waals surface area contributed by atoms with Gasteiger partial charge in [-0.05, 0) is 45.3 Å². The summed E-state index contributed by atoms with van der Waals surface area (Å²) in [4.78, 5) is 0. The summed E-state index contributed by atoms with van der Waals surface area (Å²) >= 11 is 0. The normalized spacial score (nSPS) is 20.1. The molecule has 1 heterocycles. The van der Waals surface area contributed by atoms with Crippen molar-refractivity contribution >= 4 is 12.6 Å². The highest BCUT2D eigenvalue weighted by Crippen LogP contribution is 2.37. The molecule has 1 saturated heterocycles. The van der Waals surface area contributed by atoms with E-state index in [4.69, 9.17) is 14.0 Å². The van der Waals surface area contributed by atoms with E-state index in [9.17, 15) is 13.2 Å². The van der Waals surface area contributed by atoms with Gasteiger partial charge in [-0.3, -0.25) is 0 Å².